The minimum atomic E-state index is -0.495. The van der Waals surface area contributed by atoms with Crippen LogP contribution in [0.4, 0.5) is 0 Å². The minimum absolute atomic E-state index is 0.150. The monoisotopic (exact) mass is 287 g/mol. The van der Waals surface area contributed by atoms with Crippen molar-refractivity contribution in [1.29, 1.82) is 0 Å². The van der Waals surface area contributed by atoms with Gasteiger partial charge < -0.3 is 9.84 Å². The van der Waals surface area contributed by atoms with E-state index in [1.54, 1.807) is 6.20 Å². The van der Waals surface area contributed by atoms with E-state index in [9.17, 15) is 4.79 Å². The molecule has 2 N–H and O–H groups in total. The largest absolute Gasteiger partial charge is 0.339 e. The van der Waals surface area contributed by atoms with Crippen LogP contribution in [0.2, 0.25) is 0 Å². The van der Waals surface area contributed by atoms with Crippen molar-refractivity contribution in [3.8, 4) is 0 Å². The Balaban J connectivity index is 1.60. The first-order valence-corrected chi connectivity index (χ1v) is 7.42. The third-order valence-corrected chi connectivity index (χ3v) is 4.37. The fourth-order valence-corrected chi connectivity index (χ4v) is 2.97. The van der Waals surface area contributed by atoms with Gasteiger partial charge in [-0.25, -0.2) is 0 Å². The van der Waals surface area contributed by atoms with Crippen molar-refractivity contribution in [2.45, 2.75) is 50.0 Å². The van der Waals surface area contributed by atoms with Gasteiger partial charge in [0.2, 0.25) is 5.89 Å². The number of rotatable bonds is 4. The van der Waals surface area contributed by atoms with E-state index in [1.165, 1.54) is 6.20 Å². The SMILES string of the molecule is O=C(NC1(c2noc(C3CC3)n2)CCCC1)c1cn[nH]c1. The molecule has 0 aliphatic heterocycles. The second-order valence-electron chi connectivity index (χ2n) is 5.96. The zero-order valence-electron chi connectivity index (χ0n) is 11.6. The molecule has 0 bridgehead atoms. The standard InChI is InChI=1S/C14H17N5O2/c20-11(10-7-15-16-8-10)18-14(5-1-2-6-14)13-17-12(21-19-13)9-3-4-9/h7-9H,1-6H2,(H,15,16)(H,18,20). The van der Waals surface area contributed by atoms with Gasteiger partial charge in [0.1, 0.15) is 5.54 Å². The summed E-state index contributed by atoms with van der Waals surface area (Å²) in [6.45, 7) is 0. The number of nitrogens with zero attached hydrogens (tertiary/aromatic N) is 3. The summed E-state index contributed by atoms with van der Waals surface area (Å²) in [5, 5.41) is 13.7. The summed E-state index contributed by atoms with van der Waals surface area (Å²) >= 11 is 0. The molecule has 2 heterocycles. The van der Waals surface area contributed by atoms with Crippen LogP contribution < -0.4 is 5.32 Å². The molecule has 0 spiro atoms. The molecule has 7 nitrogen and oxygen atoms in total. The number of nitrogens with one attached hydrogen (secondary N) is 2. The summed E-state index contributed by atoms with van der Waals surface area (Å²) in [7, 11) is 0. The quantitative estimate of drug-likeness (QED) is 0.894. The number of carbonyl (C=O) groups excluding carboxylic acids is 1. The van der Waals surface area contributed by atoms with E-state index in [0.717, 1.165) is 38.5 Å². The maximum absolute atomic E-state index is 12.3. The van der Waals surface area contributed by atoms with E-state index in [2.05, 4.69) is 25.7 Å². The van der Waals surface area contributed by atoms with E-state index in [-0.39, 0.29) is 5.91 Å². The third kappa shape index (κ3) is 2.22. The Kier molecular flexibility index (Phi) is 2.80. The molecule has 0 radical (unpaired) electrons. The van der Waals surface area contributed by atoms with Gasteiger partial charge in [-0.05, 0) is 25.7 Å². The van der Waals surface area contributed by atoms with E-state index in [4.69, 9.17) is 4.52 Å². The number of hydrogen-bond acceptors (Lipinski definition) is 5. The van der Waals surface area contributed by atoms with Crippen molar-refractivity contribution >= 4 is 5.91 Å². The Bertz CT molecular complexity index is 638. The molecule has 2 saturated carbocycles. The Morgan fingerprint density at radius 3 is 2.86 bits per heavy atom. The average Bonchev–Trinajstić information content (AvgIpc) is 2.95. The van der Waals surface area contributed by atoms with Gasteiger partial charge >= 0.3 is 0 Å². The molecule has 4 rings (SSSR count). The number of H-pyrrole nitrogens is 1. The van der Waals surface area contributed by atoms with Crippen LogP contribution in [0.3, 0.4) is 0 Å². The smallest absolute Gasteiger partial charge is 0.255 e. The highest BCUT2D eigenvalue weighted by Gasteiger charge is 2.42. The lowest BCUT2D eigenvalue weighted by Gasteiger charge is -2.26. The molecule has 0 aromatic carbocycles. The topological polar surface area (TPSA) is 96.7 Å². The highest BCUT2D eigenvalue weighted by molar-refractivity contribution is 5.94. The zero-order chi connectivity index (χ0) is 14.3. The molecule has 2 aromatic rings. The van der Waals surface area contributed by atoms with Crippen LogP contribution in [0.25, 0.3) is 0 Å². The van der Waals surface area contributed by atoms with Crippen molar-refractivity contribution in [1.82, 2.24) is 25.7 Å². The molecule has 2 fully saturated rings. The van der Waals surface area contributed by atoms with Crippen molar-refractivity contribution in [2.75, 3.05) is 0 Å². The van der Waals surface area contributed by atoms with Crippen LogP contribution in [0, 0.1) is 0 Å². The molecular formula is C14H17N5O2. The van der Waals surface area contributed by atoms with Gasteiger partial charge in [-0.15, -0.1) is 0 Å². The normalized spacial score (nSPS) is 20.6. The highest BCUT2D eigenvalue weighted by Crippen LogP contribution is 2.42. The first kappa shape index (κ1) is 12.6. The molecule has 110 valence electrons. The lowest BCUT2D eigenvalue weighted by Crippen LogP contribution is -2.44. The van der Waals surface area contributed by atoms with Crippen molar-refractivity contribution in [3.05, 3.63) is 29.7 Å². The Morgan fingerprint density at radius 1 is 1.38 bits per heavy atom. The number of amides is 1. The highest BCUT2D eigenvalue weighted by atomic mass is 16.5. The van der Waals surface area contributed by atoms with Crippen LogP contribution in [-0.4, -0.2) is 26.2 Å². The number of aromatic amines is 1. The molecule has 2 aromatic heterocycles. The van der Waals surface area contributed by atoms with E-state index >= 15 is 0 Å². The summed E-state index contributed by atoms with van der Waals surface area (Å²) in [6, 6.07) is 0. The van der Waals surface area contributed by atoms with Crippen LogP contribution >= 0.6 is 0 Å². The Labute approximate surface area is 121 Å². The van der Waals surface area contributed by atoms with Crippen LogP contribution in [-0.2, 0) is 5.54 Å². The molecular weight excluding hydrogens is 270 g/mol. The van der Waals surface area contributed by atoms with Gasteiger partial charge in [-0.3, -0.25) is 9.89 Å². The molecule has 1 amide bonds. The van der Waals surface area contributed by atoms with E-state index in [1.807, 2.05) is 0 Å². The lowest BCUT2D eigenvalue weighted by molar-refractivity contribution is 0.0892. The molecule has 0 unspecified atom stereocenters. The third-order valence-electron chi connectivity index (χ3n) is 4.37. The Hall–Kier alpha value is -2.18. The van der Waals surface area contributed by atoms with Crippen molar-refractivity contribution < 1.29 is 9.32 Å². The van der Waals surface area contributed by atoms with Crippen molar-refractivity contribution in [3.63, 3.8) is 0 Å². The summed E-state index contributed by atoms with van der Waals surface area (Å²) in [6.07, 6.45) is 9.15. The summed E-state index contributed by atoms with van der Waals surface area (Å²) < 4.78 is 5.37. The molecule has 0 atom stereocenters. The fourth-order valence-electron chi connectivity index (χ4n) is 2.97. The van der Waals surface area contributed by atoms with Gasteiger partial charge in [0, 0.05) is 12.1 Å². The molecule has 0 saturated heterocycles. The molecule has 21 heavy (non-hydrogen) atoms. The van der Waals surface area contributed by atoms with Crippen LogP contribution in [0.1, 0.15) is 66.5 Å². The average molecular weight is 287 g/mol. The Morgan fingerprint density at radius 2 is 2.19 bits per heavy atom. The summed E-state index contributed by atoms with van der Waals surface area (Å²) in [5.41, 5.74) is 0.0255. The summed E-state index contributed by atoms with van der Waals surface area (Å²) in [4.78, 5) is 16.9. The second kappa shape index (κ2) is 4.68. The van der Waals surface area contributed by atoms with E-state index < -0.39 is 5.54 Å². The number of aromatic nitrogens is 4. The second-order valence-corrected chi connectivity index (χ2v) is 5.96. The maximum Gasteiger partial charge on any atom is 0.255 e. The zero-order valence-corrected chi connectivity index (χ0v) is 11.6. The predicted octanol–water partition coefficient (Wildman–Crippen LogP) is 1.87. The number of hydrogen-bond donors (Lipinski definition) is 2. The maximum atomic E-state index is 12.3. The first-order chi connectivity index (χ1) is 10.3. The lowest BCUT2D eigenvalue weighted by atomic mass is 9.96. The first-order valence-electron chi connectivity index (χ1n) is 7.42. The van der Waals surface area contributed by atoms with Crippen LogP contribution in [0.5, 0.6) is 0 Å². The predicted molar refractivity (Wildman–Crippen MR) is 72.5 cm³/mol. The fraction of sp³-hybridized carbons (Fsp3) is 0.571. The van der Waals surface area contributed by atoms with Gasteiger partial charge in [0.15, 0.2) is 5.82 Å². The van der Waals surface area contributed by atoms with Gasteiger partial charge in [-0.2, -0.15) is 10.1 Å². The van der Waals surface area contributed by atoms with Gasteiger partial charge in [0.05, 0.1) is 11.8 Å². The van der Waals surface area contributed by atoms with Crippen LogP contribution in [0.15, 0.2) is 16.9 Å². The van der Waals surface area contributed by atoms with Gasteiger partial charge in [-0.1, -0.05) is 18.0 Å². The molecule has 2 aliphatic carbocycles. The minimum Gasteiger partial charge on any atom is -0.339 e. The van der Waals surface area contributed by atoms with Crippen molar-refractivity contribution in [2.24, 2.45) is 0 Å². The number of carbonyl (C=O) groups is 1. The van der Waals surface area contributed by atoms with Gasteiger partial charge in [0.25, 0.3) is 5.91 Å². The molecule has 7 heteroatoms. The molecule has 2 aliphatic rings. The summed E-state index contributed by atoms with van der Waals surface area (Å²) in [5.74, 6) is 1.62. The van der Waals surface area contributed by atoms with E-state index in [0.29, 0.717) is 23.2 Å².